The van der Waals surface area contributed by atoms with E-state index in [0.29, 0.717) is 31.1 Å². The maximum atomic E-state index is 13.2. The molecule has 1 aliphatic heterocycles. The third-order valence-corrected chi connectivity index (χ3v) is 7.38. The normalized spacial score (nSPS) is 19.1. The fourth-order valence-electron chi connectivity index (χ4n) is 3.93. The van der Waals surface area contributed by atoms with E-state index >= 15 is 0 Å². The van der Waals surface area contributed by atoms with Gasteiger partial charge in [0.1, 0.15) is 17.3 Å². The van der Waals surface area contributed by atoms with Crippen LogP contribution in [0.3, 0.4) is 0 Å². The molecule has 7 nitrogen and oxygen atoms in total. The number of piperidine rings is 1. The first-order valence-corrected chi connectivity index (χ1v) is 12.1. The van der Waals surface area contributed by atoms with Crippen molar-refractivity contribution in [2.75, 3.05) is 31.6 Å². The summed E-state index contributed by atoms with van der Waals surface area (Å²) in [5.41, 5.74) is 0.432. The summed E-state index contributed by atoms with van der Waals surface area (Å²) < 4.78 is 39.1. The highest BCUT2D eigenvalue weighted by Crippen LogP contribution is 2.31. The van der Waals surface area contributed by atoms with Crippen molar-refractivity contribution in [3.05, 3.63) is 18.2 Å². The van der Waals surface area contributed by atoms with Gasteiger partial charge in [0, 0.05) is 18.8 Å². The summed E-state index contributed by atoms with van der Waals surface area (Å²) in [5, 5.41) is 2.76. The minimum atomic E-state index is -3.68. The summed E-state index contributed by atoms with van der Waals surface area (Å²) >= 11 is 0. The minimum Gasteiger partial charge on any atom is -0.492 e. The van der Waals surface area contributed by atoms with Crippen LogP contribution in [-0.2, 0) is 19.6 Å². The third-order valence-electron chi connectivity index (χ3n) is 5.46. The van der Waals surface area contributed by atoms with E-state index in [2.05, 4.69) is 5.32 Å². The topological polar surface area (TPSA) is 84.9 Å². The van der Waals surface area contributed by atoms with Gasteiger partial charge >= 0.3 is 0 Å². The summed E-state index contributed by atoms with van der Waals surface area (Å²) in [7, 11) is -3.68. The highest BCUT2D eigenvalue weighted by atomic mass is 32.2. The molecule has 29 heavy (non-hydrogen) atoms. The second kappa shape index (κ2) is 10.4. The maximum Gasteiger partial charge on any atom is 0.250 e. The molecule has 1 amide bonds. The lowest BCUT2D eigenvalue weighted by atomic mass is 9.98. The Hall–Kier alpha value is -1.64. The fourth-order valence-corrected chi connectivity index (χ4v) is 5.60. The highest BCUT2D eigenvalue weighted by Gasteiger charge is 2.29. The van der Waals surface area contributed by atoms with E-state index in [9.17, 15) is 13.2 Å². The fraction of sp³-hybridized carbons (Fsp3) is 0.667. The highest BCUT2D eigenvalue weighted by molar-refractivity contribution is 7.89. The smallest absolute Gasteiger partial charge is 0.250 e. The van der Waals surface area contributed by atoms with Crippen LogP contribution in [0.4, 0.5) is 5.69 Å². The number of nitrogens with zero attached hydrogens (tertiary/aromatic N) is 1. The summed E-state index contributed by atoms with van der Waals surface area (Å²) in [6.45, 7) is 3.19. The Morgan fingerprint density at radius 2 is 1.79 bits per heavy atom. The number of carbonyl (C=O) groups is 1. The van der Waals surface area contributed by atoms with Crippen molar-refractivity contribution in [2.24, 2.45) is 0 Å². The van der Waals surface area contributed by atoms with Crippen LogP contribution >= 0.6 is 0 Å². The average Bonchev–Trinajstić information content (AvgIpc) is 2.75. The number of amides is 1. The van der Waals surface area contributed by atoms with Gasteiger partial charge in [0.15, 0.2) is 0 Å². The van der Waals surface area contributed by atoms with Crippen molar-refractivity contribution in [1.29, 1.82) is 0 Å². The van der Waals surface area contributed by atoms with Crippen molar-refractivity contribution < 1.29 is 22.7 Å². The number of carbonyl (C=O) groups excluding carboxylic acids is 1. The van der Waals surface area contributed by atoms with Crippen LogP contribution in [0.1, 0.15) is 58.3 Å². The van der Waals surface area contributed by atoms with Crippen LogP contribution in [0.5, 0.6) is 5.75 Å². The third kappa shape index (κ3) is 5.93. The number of sulfonamides is 1. The summed E-state index contributed by atoms with van der Waals surface area (Å²) in [6.07, 6.45) is 8.41. The van der Waals surface area contributed by atoms with E-state index in [1.807, 2.05) is 6.92 Å². The van der Waals surface area contributed by atoms with Gasteiger partial charge in [-0.05, 0) is 50.8 Å². The van der Waals surface area contributed by atoms with Crippen LogP contribution < -0.4 is 10.1 Å². The molecule has 1 aromatic carbocycles. The molecule has 0 atom stereocenters. The van der Waals surface area contributed by atoms with Crippen LogP contribution in [0.15, 0.2) is 23.1 Å². The molecule has 1 aliphatic carbocycles. The van der Waals surface area contributed by atoms with E-state index in [0.717, 1.165) is 44.9 Å². The summed E-state index contributed by atoms with van der Waals surface area (Å²) in [5.74, 6) is 0.0376. The zero-order valence-corrected chi connectivity index (χ0v) is 18.0. The SMILES string of the molecule is CCOc1ccc(NC(=O)COC2CCCCC2)cc1S(=O)(=O)N1CCCCC1. The number of hydrogen-bond acceptors (Lipinski definition) is 5. The lowest BCUT2D eigenvalue weighted by Gasteiger charge is -2.27. The molecule has 1 saturated carbocycles. The predicted octanol–water partition coefficient (Wildman–Crippen LogP) is 3.55. The molecule has 1 N–H and O–H groups in total. The number of anilines is 1. The van der Waals surface area contributed by atoms with E-state index in [4.69, 9.17) is 9.47 Å². The quantitative estimate of drug-likeness (QED) is 0.690. The Morgan fingerprint density at radius 1 is 1.10 bits per heavy atom. The number of ether oxygens (including phenoxy) is 2. The van der Waals surface area contributed by atoms with Crippen molar-refractivity contribution >= 4 is 21.6 Å². The molecule has 2 fully saturated rings. The van der Waals surface area contributed by atoms with Gasteiger partial charge in [-0.3, -0.25) is 4.79 Å². The molecule has 162 valence electrons. The van der Waals surface area contributed by atoms with Crippen LogP contribution in [-0.4, -0.2) is 51.0 Å². The van der Waals surface area contributed by atoms with Crippen LogP contribution in [0.25, 0.3) is 0 Å². The first-order chi connectivity index (χ1) is 14.0. The van der Waals surface area contributed by atoms with E-state index < -0.39 is 10.0 Å². The largest absolute Gasteiger partial charge is 0.492 e. The number of rotatable bonds is 8. The van der Waals surface area contributed by atoms with Gasteiger partial charge in [0.25, 0.3) is 0 Å². The molecule has 1 aromatic rings. The zero-order chi connectivity index (χ0) is 20.7. The number of hydrogen-bond donors (Lipinski definition) is 1. The molecule has 0 radical (unpaired) electrons. The van der Waals surface area contributed by atoms with E-state index in [1.54, 1.807) is 12.1 Å². The van der Waals surface area contributed by atoms with Crippen molar-refractivity contribution in [2.45, 2.75) is 69.3 Å². The number of nitrogens with one attached hydrogen (secondary N) is 1. The van der Waals surface area contributed by atoms with Gasteiger partial charge in [-0.2, -0.15) is 4.31 Å². The molecule has 3 rings (SSSR count). The molecular formula is C21H32N2O5S. The molecular weight excluding hydrogens is 392 g/mol. The lowest BCUT2D eigenvalue weighted by molar-refractivity contribution is -0.123. The Bertz CT molecular complexity index is 784. The monoisotopic (exact) mass is 424 g/mol. The van der Waals surface area contributed by atoms with Crippen LogP contribution in [0, 0.1) is 0 Å². The molecule has 0 spiro atoms. The second-order valence-corrected chi connectivity index (χ2v) is 9.58. The van der Waals surface area contributed by atoms with Crippen LogP contribution in [0.2, 0.25) is 0 Å². The molecule has 1 heterocycles. The summed E-state index contributed by atoms with van der Waals surface area (Å²) in [4.78, 5) is 12.4. The molecule has 0 bridgehead atoms. The minimum absolute atomic E-state index is 0.0217. The van der Waals surface area contributed by atoms with Gasteiger partial charge in [-0.1, -0.05) is 25.7 Å². The lowest BCUT2D eigenvalue weighted by Crippen LogP contribution is -2.35. The Morgan fingerprint density at radius 3 is 2.48 bits per heavy atom. The van der Waals surface area contributed by atoms with E-state index in [1.165, 1.54) is 16.8 Å². The Labute approximate surface area is 173 Å². The summed E-state index contributed by atoms with van der Waals surface area (Å²) in [6, 6.07) is 4.77. The van der Waals surface area contributed by atoms with Crippen molar-refractivity contribution in [1.82, 2.24) is 4.31 Å². The molecule has 8 heteroatoms. The van der Waals surface area contributed by atoms with Gasteiger partial charge < -0.3 is 14.8 Å². The Balaban J connectivity index is 1.71. The second-order valence-electron chi connectivity index (χ2n) is 7.68. The van der Waals surface area contributed by atoms with E-state index in [-0.39, 0.29) is 23.5 Å². The molecule has 0 aromatic heterocycles. The first-order valence-electron chi connectivity index (χ1n) is 10.7. The number of benzene rings is 1. The maximum absolute atomic E-state index is 13.2. The van der Waals surface area contributed by atoms with Gasteiger partial charge in [-0.15, -0.1) is 0 Å². The molecule has 2 aliphatic rings. The average molecular weight is 425 g/mol. The van der Waals surface area contributed by atoms with Gasteiger partial charge in [0.2, 0.25) is 15.9 Å². The van der Waals surface area contributed by atoms with Gasteiger partial charge in [-0.25, -0.2) is 8.42 Å². The van der Waals surface area contributed by atoms with Gasteiger partial charge in [0.05, 0.1) is 12.7 Å². The predicted molar refractivity (Wildman–Crippen MR) is 112 cm³/mol. The molecule has 0 unspecified atom stereocenters. The first kappa shape index (κ1) is 22.1. The Kier molecular flexibility index (Phi) is 7.91. The zero-order valence-electron chi connectivity index (χ0n) is 17.2. The molecule has 1 saturated heterocycles. The van der Waals surface area contributed by atoms with Crippen molar-refractivity contribution in [3.8, 4) is 5.75 Å². The van der Waals surface area contributed by atoms with Crippen molar-refractivity contribution in [3.63, 3.8) is 0 Å². The standard InChI is InChI=1S/C21H32N2O5S/c1-2-27-19-12-11-17(22-21(24)16-28-18-9-5-3-6-10-18)15-20(19)29(25,26)23-13-7-4-8-14-23/h11-12,15,18H,2-10,13-14,16H2,1H3,(H,22,24).